The van der Waals surface area contributed by atoms with Gasteiger partial charge in [-0.05, 0) is 173 Å². The molecule has 2 aliphatic heterocycles. The van der Waals surface area contributed by atoms with Gasteiger partial charge in [-0.1, -0.05) is 69.7 Å². The number of imide groups is 1. The van der Waals surface area contributed by atoms with Crippen LogP contribution in [0, 0.1) is 29.1 Å². The van der Waals surface area contributed by atoms with Crippen molar-refractivity contribution < 1.29 is 80.6 Å². The van der Waals surface area contributed by atoms with Crippen LogP contribution in [0.1, 0.15) is 161 Å². The third kappa shape index (κ3) is 21.6. The number of urea groups is 1. The summed E-state index contributed by atoms with van der Waals surface area (Å²) in [5.41, 5.74) is 9.79. The molecule has 4 saturated carbocycles. The summed E-state index contributed by atoms with van der Waals surface area (Å²) in [4.78, 5) is 146. The number of para-hydroxylation sites is 1. The maximum absolute atomic E-state index is 14.5. The van der Waals surface area contributed by atoms with Crippen LogP contribution in [0.5, 0.6) is 5.75 Å². The number of aromatic nitrogens is 4. The molecule has 10 N–H and O–H groups in total. The first kappa shape index (κ1) is 83.7. The van der Waals surface area contributed by atoms with Crippen molar-refractivity contribution in [1.82, 2.24) is 50.4 Å². The number of nitrogens with zero attached hydrogens (tertiary/aromatic N) is 8. The quantitative estimate of drug-likeness (QED) is 0.00995. The highest BCUT2D eigenvalue weighted by Crippen LogP contribution is 2.72. The maximum atomic E-state index is 14.5. The second-order valence-electron chi connectivity index (χ2n) is 32.0. The Bertz CT molecular complexity index is 4670. The molecule has 3 aromatic heterocycles. The number of hydrogen-bond acceptors (Lipinski definition) is 20. The molecule has 3 aromatic carbocycles. The largest absolute Gasteiger partial charge is 0.491 e. The summed E-state index contributed by atoms with van der Waals surface area (Å²) in [5, 5.41) is 39.9. The number of aliphatic carboxylic acids is 1. The summed E-state index contributed by atoms with van der Waals surface area (Å²) in [6.45, 7) is 12.4. The Hall–Kier alpha value is -10.2. The predicted octanol–water partition coefficient (Wildman–Crippen LogP) is 8.14. The molecule has 4 atom stereocenters. The highest BCUT2D eigenvalue weighted by molar-refractivity contribution is 7.85. The van der Waals surface area contributed by atoms with Crippen LogP contribution in [0.25, 0.3) is 21.3 Å². The Balaban J connectivity index is 0.736. The van der Waals surface area contributed by atoms with Crippen molar-refractivity contribution in [3.8, 4) is 16.9 Å². The van der Waals surface area contributed by atoms with E-state index >= 15 is 0 Å². The van der Waals surface area contributed by atoms with Crippen molar-refractivity contribution in [2.45, 2.75) is 168 Å². The molecule has 33 heteroatoms. The third-order valence-electron chi connectivity index (χ3n) is 22.1. The smallest absolute Gasteiger partial charge is 0.355 e. The molecule has 31 nitrogen and oxygen atoms in total. The molecule has 5 heterocycles. The molecule has 6 aromatic rings. The minimum absolute atomic E-state index is 0.000848. The number of primary amides is 1. The summed E-state index contributed by atoms with van der Waals surface area (Å²) in [6.07, 6.45) is 11.9. The number of aromatic carboxylic acids is 1. The van der Waals surface area contributed by atoms with Crippen LogP contribution >= 0.6 is 11.3 Å². The van der Waals surface area contributed by atoms with Crippen molar-refractivity contribution >= 4 is 108 Å². The van der Waals surface area contributed by atoms with Crippen molar-refractivity contribution in [3.63, 3.8) is 0 Å². The van der Waals surface area contributed by atoms with Crippen LogP contribution < -0.4 is 42.0 Å². The van der Waals surface area contributed by atoms with E-state index < -0.39 is 63.8 Å². The number of rotatable bonds is 40. The van der Waals surface area contributed by atoms with E-state index in [1.165, 1.54) is 28.4 Å². The molecule has 6 aliphatic rings. The van der Waals surface area contributed by atoms with Gasteiger partial charge in [0, 0.05) is 111 Å². The summed E-state index contributed by atoms with van der Waals surface area (Å²) in [7, 11) is -2.29. The Morgan fingerprint density at radius 3 is 2.19 bits per heavy atom. The van der Waals surface area contributed by atoms with Gasteiger partial charge in [0.15, 0.2) is 10.8 Å². The molecule has 2 unspecified atom stereocenters. The van der Waals surface area contributed by atoms with Gasteiger partial charge in [0.25, 0.3) is 27.8 Å². The standard InChI is InChI=1S/C80H102N14O17S2/c1-50(2)69(88-64(95)16-8-7-11-32-93-66(97)27-28-67(93)98)73(103)85-60(14-12-31-82-75(81)106)72(102)84-53-20-17-52(18-21-53)19-26-65(96)91(34-30-68(99)100)36-38-110-61-24-22-56(71(101)89-76-86-59-13-9-10-15-62(59)112-76)58-42-92(33-29-54(58)61)63-25-23-55(70(87-63)74(104)105)57-41-83-94(51(57)3)49-79-44-77(4)43-78(5,45-79)47-80(46-77,48-79)111-39-35-90(6)37-40-113(107,108)109/h9-10,13,15,17-18,20-25,27-28,41,50,60,69H,7-8,11-12,14,16,19,26,29-40,42-49H2,1-6H3,(H,84,102)(H,85,103)(H,88,95)(H,99,100)(H,104,105)(H3,81,82,106)(H,86,89,101)(H,107,108,109)/t60-,69-,77?,78?,79?,80?/m0/s1. The number of benzene rings is 3. The summed E-state index contributed by atoms with van der Waals surface area (Å²) in [5.74, 6) is -5.43. The summed E-state index contributed by atoms with van der Waals surface area (Å²) >= 11 is 1.32. The molecule has 4 bridgehead atoms. The number of carbonyl (C=O) groups excluding carboxylic acids is 8. The first-order valence-corrected chi connectivity index (χ1v) is 40.9. The van der Waals surface area contributed by atoms with Crippen molar-refractivity contribution in [2.24, 2.45) is 27.9 Å². The zero-order valence-electron chi connectivity index (χ0n) is 64.7. The highest BCUT2D eigenvalue weighted by Gasteiger charge is 2.66. The molecule has 606 valence electrons. The van der Waals surface area contributed by atoms with E-state index in [4.69, 9.17) is 25.3 Å². The lowest BCUT2D eigenvalue weighted by atomic mass is 9.39. The molecule has 0 radical (unpaired) electrons. The molecule has 9 amide bonds. The van der Waals surface area contributed by atoms with Crippen LogP contribution in [0.4, 0.5) is 21.4 Å². The second-order valence-corrected chi connectivity index (χ2v) is 34.6. The van der Waals surface area contributed by atoms with Gasteiger partial charge < -0.3 is 61.4 Å². The zero-order valence-corrected chi connectivity index (χ0v) is 66.4. The summed E-state index contributed by atoms with van der Waals surface area (Å²) in [6, 6.07) is 18.2. The average Bonchev–Trinajstić information content (AvgIpc) is 1.11. The van der Waals surface area contributed by atoms with Gasteiger partial charge in [-0.15, -0.1) is 0 Å². The molecule has 0 spiro atoms. The Kier molecular flexibility index (Phi) is 26.6. The number of likely N-dealkylation sites (N-methyl/N-ethyl adjacent to an activating group) is 1. The fourth-order valence-corrected chi connectivity index (χ4v) is 19.3. The fraction of sp³-hybridized carbons (Fsp3) is 0.512. The molecule has 4 fully saturated rings. The minimum atomic E-state index is -4.10. The van der Waals surface area contributed by atoms with Crippen molar-refractivity contribution in [2.75, 3.05) is 87.4 Å². The topological polar surface area (TPSA) is 427 Å². The monoisotopic (exact) mass is 1590 g/mol. The van der Waals surface area contributed by atoms with Crippen molar-refractivity contribution in [1.29, 1.82) is 0 Å². The number of carboxylic acid groups (broad SMARTS) is 2. The van der Waals surface area contributed by atoms with E-state index in [1.807, 2.05) is 52.7 Å². The van der Waals surface area contributed by atoms with Gasteiger partial charge in [-0.3, -0.25) is 57.8 Å². The predicted molar refractivity (Wildman–Crippen MR) is 422 cm³/mol. The fourth-order valence-electron chi connectivity index (χ4n) is 17.9. The lowest BCUT2D eigenvalue weighted by Crippen LogP contribution is -2.64. The van der Waals surface area contributed by atoms with Crippen LogP contribution in [0.2, 0.25) is 0 Å². The first-order chi connectivity index (χ1) is 53.7. The number of carbonyl (C=O) groups is 10. The number of unbranched alkanes of at least 4 members (excludes halogenated alkanes) is 2. The number of amides is 9. The van der Waals surface area contributed by atoms with E-state index in [2.05, 4.69) is 45.4 Å². The van der Waals surface area contributed by atoms with Crippen LogP contribution in [0.15, 0.2) is 91.1 Å². The molecular formula is C80H102N14O17S2. The van der Waals surface area contributed by atoms with E-state index in [0.717, 1.165) is 53.8 Å². The van der Waals surface area contributed by atoms with Gasteiger partial charge in [-0.2, -0.15) is 13.5 Å². The SMILES string of the molecule is Cc1c(-c2ccc(N3CCc4c(OCCN(CCC(=O)O)C(=O)CCc5ccc(NC(=O)[C@H](CCCNC(N)=O)NC(=O)[C@@H](NC(=O)CCCCCN6C(=O)C=CC6=O)C(C)C)cc5)ccc(C(=O)Nc5nc6ccccc6s5)c4C3)nc2C(=O)O)cnn1CC12CC3(C)CC(C)(C1)CC(OCCN(C)CCS(=O)(=O)O)(C3)C2. The highest BCUT2D eigenvalue weighted by atomic mass is 32.2. The number of aryl methyl sites for hydroxylation is 1. The number of nitrogens with one attached hydrogen (secondary N) is 5. The van der Waals surface area contributed by atoms with Gasteiger partial charge >= 0.3 is 18.0 Å². The number of carboxylic acids is 2. The summed E-state index contributed by atoms with van der Waals surface area (Å²) < 4.78 is 48.5. The Morgan fingerprint density at radius 2 is 1.50 bits per heavy atom. The van der Waals surface area contributed by atoms with Crippen LogP contribution in [-0.2, 0) is 74.3 Å². The minimum Gasteiger partial charge on any atom is -0.491 e. The van der Waals surface area contributed by atoms with E-state index in [9.17, 15) is 71.1 Å². The lowest BCUT2D eigenvalue weighted by Gasteiger charge is -2.69. The third-order valence-corrected chi connectivity index (χ3v) is 23.8. The first-order valence-electron chi connectivity index (χ1n) is 38.5. The number of ether oxygens (including phenoxy) is 2. The molecule has 4 aliphatic carbocycles. The van der Waals surface area contributed by atoms with E-state index in [-0.39, 0.29) is 141 Å². The average molecular weight is 1600 g/mol. The number of nitrogens with two attached hydrogens (primary N) is 1. The molecular weight excluding hydrogens is 1490 g/mol. The number of anilines is 3. The van der Waals surface area contributed by atoms with Gasteiger partial charge in [-0.25, -0.2) is 19.6 Å². The lowest BCUT2D eigenvalue weighted by molar-refractivity contribution is -0.248. The van der Waals surface area contributed by atoms with Gasteiger partial charge in [0.1, 0.15) is 30.3 Å². The number of hydrogen-bond donors (Lipinski definition) is 9. The van der Waals surface area contributed by atoms with Crippen LogP contribution in [0.3, 0.4) is 0 Å². The van der Waals surface area contributed by atoms with Gasteiger partial charge in [0.2, 0.25) is 23.6 Å². The maximum Gasteiger partial charge on any atom is 0.355 e. The molecule has 0 saturated heterocycles. The van der Waals surface area contributed by atoms with Gasteiger partial charge in [0.05, 0.1) is 47.3 Å². The van der Waals surface area contributed by atoms with Crippen LogP contribution in [-0.4, -0.2) is 206 Å². The number of thiazole rings is 1. The van der Waals surface area contributed by atoms with E-state index in [0.29, 0.717) is 113 Å². The van der Waals surface area contributed by atoms with Crippen molar-refractivity contribution in [3.05, 3.63) is 125 Å². The zero-order chi connectivity index (χ0) is 81.2. The number of pyridine rings is 1. The van der Waals surface area contributed by atoms with E-state index in [1.54, 1.807) is 68.6 Å². The second kappa shape index (κ2) is 35.9. The Labute approximate surface area is 660 Å². The molecule has 113 heavy (non-hydrogen) atoms. The Morgan fingerprint density at radius 1 is 0.761 bits per heavy atom. The molecule has 12 rings (SSSR count). The normalized spacial score (nSPS) is 20.2. The number of fused-ring (bicyclic) bond motifs is 2.